The largest absolute Gasteiger partial charge is 0.506 e. The molecule has 2 aromatic carbocycles. The molecule has 0 unspecified atom stereocenters. The lowest BCUT2D eigenvalue weighted by Crippen LogP contribution is -2.34. The molecule has 1 aliphatic rings. The van der Waals surface area contributed by atoms with Crippen LogP contribution in [0.1, 0.15) is 17.5 Å². The Balaban J connectivity index is 1.86. The van der Waals surface area contributed by atoms with Crippen LogP contribution in [0.25, 0.3) is 6.08 Å². The minimum absolute atomic E-state index is 0.0960. The topological polar surface area (TPSA) is 40.5 Å². The minimum Gasteiger partial charge on any atom is -0.506 e. The first-order chi connectivity index (χ1) is 10.3. The highest BCUT2D eigenvalue weighted by atomic mass is 16.3. The van der Waals surface area contributed by atoms with Crippen molar-refractivity contribution in [3.05, 3.63) is 65.7 Å². The van der Waals surface area contributed by atoms with Crippen molar-refractivity contribution in [2.75, 3.05) is 11.4 Å². The van der Waals surface area contributed by atoms with Gasteiger partial charge in [0.25, 0.3) is 5.91 Å². The zero-order valence-corrected chi connectivity index (χ0v) is 11.7. The molecule has 1 aliphatic heterocycles. The van der Waals surface area contributed by atoms with E-state index < -0.39 is 0 Å². The average Bonchev–Trinajstić information content (AvgIpc) is 2.53. The summed E-state index contributed by atoms with van der Waals surface area (Å²) in [6, 6.07) is 15.1. The van der Waals surface area contributed by atoms with Crippen molar-refractivity contribution < 1.29 is 9.90 Å². The van der Waals surface area contributed by atoms with Crippen molar-refractivity contribution in [1.82, 2.24) is 0 Å². The molecule has 0 atom stereocenters. The fraction of sp³-hybridized carbons (Fsp3) is 0.167. The molecular formula is C18H17NO2. The van der Waals surface area contributed by atoms with Crippen molar-refractivity contribution in [1.29, 1.82) is 0 Å². The Morgan fingerprint density at radius 2 is 1.90 bits per heavy atom. The molecule has 0 aliphatic carbocycles. The maximum absolute atomic E-state index is 12.4. The molecule has 1 heterocycles. The fourth-order valence-corrected chi connectivity index (χ4v) is 2.67. The number of nitrogens with zero attached hydrogens (tertiary/aromatic N) is 1. The number of hydrogen-bond acceptors (Lipinski definition) is 2. The van der Waals surface area contributed by atoms with Crippen LogP contribution in [0.3, 0.4) is 0 Å². The van der Waals surface area contributed by atoms with E-state index in [0.717, 1.165) is 24.0 Å². The number of rotatable bonds is 2. The normalized spacial score (nSPS) is 14.2. The van der Waals surface area contributed by atoms with Crippen molar-refractivity contribution >= 4 is 17.7 Å². The van der Waals surface area contributed by atoms with Gasteiger partial charge in [-0.25, -0.2) is 0 Å². The Hall–Kier alpha value is -2.55. The Kier molecular flexibility index (Phi) is 3.73. The number of aryl methyl sites for hydroxylation is 1. The van der Waals surface area contributed by atoms with Gasteiger partial charge >= 0.3 is 0 Å². The highest BCUT2D eigenvalue weighted by Crippen LogP contribution is 2.35. The van der Waals surface area contributed by atoms with Gasteiger partial charge in [0.2, 0.25) is 0 Å². The third-order valence-corrected chi connectivity index (χ3v) is 3.68. The molecule has 0 fully saturated rings. The van der Waals surface area contributed by atoms with Gasteiger partial charge in [0.1, 0.15) is 5.75 Å². The first-order valence-corrected chi connectivity index (χ1v) is 7.11. The lowest BCUT2D eigenvalue weighted by Gasteiger charge is -2.29. The van der Waals surface area contributed by atoms with Crippen LogP contribution in [0.2, 0.25) is 0 Å². The van der Waals surface area contributed by atoms with Gasteiger partial charge < -0.3 is 10.0 Å². The molecule has 0 radical (unpaired) electrons. The SMILES string of the molecule is O=C(C=Cc1ccccc1)N1CCCc2cccc(O)c21. The lowest BCUT2D eigenvalue weighted by atomic mass is 10.0. The molecule has 0 saturated heterocycles. The Labute approximate surface area is 124 Å². The van der Waals surface area contributed by atoms with Gasteiger partial charge in [-0.05, 0) is 36.1 Å². The number of phenols is 1. The van der Waals surface area contributed by atoms with Crippen LogP contribution in [0.15, 0.2) is 54.6 Å². The molecule has 1 N–H and O–H groups in total. The zero-order chi connectivity index (χ0) is 14.7. The van der Waals surface area contributed by atoms with Crippen LogP contribution in [-0.2, 0) is 11.2 Å². The second kappa shape index (κ2) is 5.83. The molecule has 0 spiro atoms. The molecule has 0 bridgehead atoms. The summed E-state index contributed by atoms with van der Waals surface area (Å²) in [5.74, 6) is 0.0787. The zero-order valence-electron chi connectivity index (χ0n) is 11.7. The number of phenolic OH excluding ortho intramolecular Hbond substituents is 1. The van der Waals surface area contributed by atoms with Crippen LogP contribution in [-0.4, -0.2) is 17.6 Å². The van der Waals surface area contributed by atoms with E-state index in [0.29, 0.717) is 12.2 Å². The van der Waals surface area contributed by atoms with Crippen LogP contribution >= 0.6 is 0 Å². The molecule has 0 saturated carbocycles. The molecule has 2 aromatic rings. The third kappa shape index (κ3) is 2.82. The summed E-state index contributed by atoms with van der Waals surface area (Å²) in [6.07, 6.45) is 5.19. The van der Waals surface area contributed by atoms with Gasteiger partial charge in [0, 0.05) is 12.6 Å². The summed E-state index contributed by atoms with van der Waals surface area (Å²) in [5.41, 5.74) is 2.68. The standard InChI is InChI=1S/C18H17NO2/c20-16-10-4-8-15-9-5-13-19(18(15)16)17(21)12-11-14-6-2-1-3-7-14/h1-4,6-8,10-12,20H,5,9,13H2. The Morgan fingerprint density at radius 1 is 1.10 bits per heavy atom. The van der Waals surface area contributed by atoms with E-state index in [1.807, 2.05) is 42.5 Å². The van der Waals surface area contributed by atoms with E-state index in [4.69, 9.17) is 0 Å². The predicted molar refractivity (Wildman–Crippen MR) is 84.3 cm³/mol. The number of amides is 1. The molecular weight excluding hydrogens is 262 g/mol. The number of hydrogen-bond donors (Lipinski definition) is 1. The summed E-state index contributed by atoms with van der Waals surface area (Å²) in [6.45, 7) is 0.641. The minimum atomic E-state index is -0.0960. The quantitative estimate of drug-likeness (QED) is 0.856. The smallest absolute Gasteiger partial charge is 0.251 e. The Morgan fingerprint density at radius 3 is 2.71 bits per heavy atom. The molecule has 1 amide bonds. The number of carbonyl (C=O) groups excluding carboxylic acids is 1. The van der Waals surface area contributed by atoms with Gasteiger partial charge in [-0.1, -0.05) is 42.5 Å². The molecule has 106 valence electrons. The average molecular weight is 279 g/mol. The summed E-state index contributed by atoms with van der Waals surface area (Å²) < 4.78 is 0. The molecule has 3 heteroatoms. The van der Waals surface area contributed by atoms with Crippen LogP contribution in [0, 0.1) is 0 Å². The summed E-state index contributed by atoms with van der Waals surface area (Å²) in [7, 11) is 0. The lowest BCUT2D eigenvalue weighted by molar-refractivity contribution is -0.114. The highest BCUT2D eigenvalue weighted by Gasteiger charge is 2.23. The number of benzene rings is 2. The second-order valence-corrected chi connectivity index (χ2v) is 5.12. The van der Waals surface area contributed by atoms with Crippen LogP contribution < -0.4 is 4.90 Å². The molecule has 3 nitrogen and oxygen atoms in total. The van der Waals surface area contributed by atoms with E-state index in [9.17, 15) is 9.90 Å². The van der Waals surface area contributed by atoms with Crippen molar-refractivity contribution in [2.24, 2.45) is 0 Å². The number of para-hydroxylation sites is 1. The van der Waals surface area contributed by atoms with E-state index in [1.54, 1.807) is 23.1 Å². The van der Waals surface area contributed by atoms with Crippen LogP contribution in [0.5, 0.6) is 5.75 Å². The first kappa shape index (κ1) is 13.4. The maximum Gasteiger partial charge on any atom is 0.251 e. The van der Waals surface area contributed by atoms with Crippen molar-refractivity contribution in [3.63, 3.8) is 0 Å². The molecule has 0 aromatic heterocycles. The fourth-order valence-electron chi connectivity index (χ4n) is 2.67. The van der Waals surface area contributed by atoms with E-state index in [1.165, 1.54) is 0 Å². The monoisotopic (exact) mass is 279 g/mol. The predicted octanol–water partition coefficient (Wildman–Crippen LogP) is 3.38. The van der Waals surface area contributed by atoms with Crippen molar-refractivity contribution in [3.8, 4) is 5.75 Å². The highest BCUT2D eigenvalue weighted by molar-refractivity contribution is 6.05. The van der Waals surface area contributed by atoms with E-state index in [2.05, 4.69) is 0 Å². The summed E-state index contributed by atoms with van der Waals surface area (Å²) in [5, 5.41) is 10.0. The van der Waals surface area contributed by atoms with Crippen molar-refractivity contribution in [2.45, 2.75) is 12.8 Å². The second-order valence-electron chi connectivity index (χ2n) is 5.12. The van der Waals surface area contributed by atoms with E-state index in [-0.39, 0.29) is 11.7 Å². The van der Waals surface area contributed by atoms with E-state index >= 15 is 0 Å². The summed E-state index contributed by atoms with van der Waals surface area (Å²) in [4.78, 5) is 14.1. The number of carbonyl (C=O) groups is 1. The summed E-state index contributed by atoms with van der Waals surface area (Å²) >= 11 is 0. The maximum atomic E-state index is 12.4. The van der Waals surface area contributed by atoms with Gasteiger partial charge in [-0.15, -0.1) is 0 Å². The van der Waals surface area contributed by atoms with Gasteiger partial charge in [0.15, 0.2) is 0 Å². The number of aromatic hydroxyl groups is 1. The third-order valence-electron chi connectivity index (χ3n) is 3.68. The van der Waals surface area contributed by atoms with Crippen LogP contribution in [0.4, 0.5) is 5.69 Å². The first-order valence-electron chi connectivity index (χ1n) is 7.11. The molecule has 21 heavy (non-hydrogen) atoms. The van der Waals surface area contributed by atoms with Gasteiger partial charge in [-0.3, -0.25) is 4.79 Å². The number of fused-ring (bicyclic) bond motifs is 1. The van der Waals surface area contributed by atoms with Gasteiger partial charge in [0.05, 0.1) is 5.69 Å². The Bertz CT molecular complexity index is 677. The number of anilines is 1. The van der Waals surface area contributed by atoms with Gasteiger partial charge in [-0.2, -0.15) is 0 Å². The molecule has 3 rings (SSSR count).